The molecular formula is C22H29FN2O5S. The van der Waals surface area contributed by atoms with E-state index in [9.17, 15) is 17.6 Å². The normalized spacial score (nSPS) is 16.5. The summed E-state index contributed by atoms with van der Waals surface area (Å²) in [5.74, 6) is -1.35. The number of hydrogen-bond donors (Lipinski definition) is 0. The van der Waals surface area contributed by atoms with E-state index in [0.717, 1.165) is 11.1 Å². The molecule has 0 N–H and O–H groups in total. The van der Waals surface area contributed by atoms with Crippen LogP contribution in [-0.4, -0.2) is 49.6 Å². The Balaban J connectivity index is 1.86. The van der Waals surface area contributed by atoms with E-state index in [4.69, 9.17) is 9.47 Å². The molecule has 31 heavy (non-hydrogen) atoms. The zero-order valence-electron chi connectivity index (χ0n) is 18.5. The quantitative estimate of drug-likeness (QED) is 0.611. The van der Waals surface area contributed by atoms with Crippen molar-refractivity contribution in [2.75, 3.05) is 19.5 Å². The van der Waals surface area contributed by atoms with Crippen molar-refractivity contribution in [3.63, 3.8) is 0 Å². The Labute approximate surface area is 182 Å². The summed E-state index contributed by atoms with van der Waals surface area (Å²) in [4.78, 5) is 12.8. The van der Waals surface area contributed by atoms with Gasteiger partial charge in [0, 0.05) is 13.5 Å². The van der Waals surface area contributed by atoms with Crippen molar-refractivity contribution in [2.24, 2.45) is 0 Å². The summed E-state index contributed by atoms with van der Waals surface area (Å²) in [5.41, 5.74) is 2.17. The van der Waals surface area contributed by atoms with Crippen molar-refractivity contribution in [1.82, 2.24) is 9.78 Å². The van der Waals surface area contributed by atoms with Crippen LogP contribution in [-0.2, 0) is 32.3 Å². The Kier molecular flexibility index (Phi) is 6.85. The molecule has 0 aliphatic carbocycles. The van der Waals surface area contributed by atoms with Gasteiger partial charge in [-0.25, -0.2) is 17.5 Å². The molecule has 1 aromatic carbocycles. The van der Waals surface area contributed by atoms with E-state index >= 15 is 0 Å². The summed E-state index contributed by atoms with van der Waals surface area (Å²) in [6.07, 6.45) is 0.927. The van der Waals surface area contributed by atoms with Crippen molar-refractivity contribution in [2.45, 2.75) is 63.5 Å². The molecule has 1 atom stereocenters. The minimum atomic E-state index is -3.95. The number of ketones is 1. The van der Waals surface area contributed by atoms with Gasteiger partial charge in [-0.15, -0.1) is 0 Å². The van der Waals surface area contributed by atoms with Gasteiger partial charge in [-0.2, -0.15) is 5.10 Å². The van der Waals surface area contributed by atoms with Crippen LogP contribution in [0, 0.1) is 5.82 Å². The number of ether oxygens (including phenoxy) is 2. The molecule has 0 amide bonds. The summed E-state index contributed by atoms with van der Waals surface area (Å²) >= 11 is 0. The average molecular weight is 453 g/mol. The lowest BCUT2D eigenvalue weighted by atomic mass is 9.86. The summed E-state index contributed by atoms with van der Waals surface area (Å²) in [7, 11) is -2.40. The zero-order valence-corrected chi connectivity index (χ0v) is 19.3. The molecule has 2 aromatic rings. The number of nitrogens with zero attached hydrogens (tertiary/aromatic N) is 2. The second kappa shape index (κ2) is 9.08. The molecule has 1 aromatic heterocycles. The van der Waals surface area contributed by atoms with Crippen molar-refractivity contribution >= 4 is 15.6 Å². The minimum Gasteiger partial charge on any atom is -0.474 e. The predicted molar refractivity (Wildman–Crippen MR) is 114 cm³/mol. The van der Waals surface area contributed by atoms with Gasteiger partial charge >= 0.3 is 0 Å². The van der Waals surface area contributed by atoms with Crippen LogP contribution >= 0.6 is 0 Å². The van der Waals surface area contributed by atoms with Crippen LogP contribution in [0.15, 0.2) is 23.2 Å². The van der Waals surface area contributed by atoms with Crippen LogP contribution in [0.3, 0.4) is 0 Å². The molecule has 1 aliphatic heterocycles. The lowest BCUT2D eigenvalue weighted by molar-refractivity contribution is -0.116. The molecule has 9 heteroatoms. The van der Waals surface area contributed by atoms with E-state index in [2.05, 4.69) is 5.10 Å². The van der Waals surface area contributed by atoms with Crippen LogP contribution in [0.1, 0.15) is 56.2 Å². The van der Waals surface area contributed by atoms with Gasteiger partial charge in [0.25, 0.3) is 0 Å². The summed E-state index contributed by atoms with van der Waals surface area (Å²) < 4.78 is 52.3. The monoisotopic (exact) mass is 452 g/mol. The molecule has 0 spiro atoms. The van der Waals surface area contributed by atoms with Gasteiger partial charge < -0.3 is 9.47 Å². The molecule has 2 heterocycles. The molecular weight excluding hydrogens is 423 g/mol. The molecule has 1 aliphatic rings. The van der Waals surface area contributed by atoms with Crippen LogP contribution in [0.5, 0.6) is 5.88 Å². The van der Waals surface area contributed by atoms with Crippen molar-refractivity contribution in [3.05, 3.63) is 40.8 Å². The first-order valence-electron chi connectivity index (χ1n) is 10.3. The largest absolute Gasteiger partial charge is 0.474 e. The Bertz CT molecular complexity index is 1050. The standard InChI is InChI=1S/C22H29FN2O5S/c1-13(2)18-6-15(23)7-19(14(3)4)20(18)8-16(26)12-31(27,28)21-9-24-25-10-17(29-5)11-30-22(21)25/h6-7,9,13-14,17H,8,10-12H2,1-5H3. The molecule has 0 saturated carbocycles. The van der Waals surface area contributed by atoms with Gasteiger partial charge in [0.05, 0.1) is 12.7 Å². The second-order valence-electron chi connectivity index (χ2n) is 8.51. The van der Waals surface area contributed by atoms with Crippen LogP contribution < -0.4 is 4.74 Å². The van der Waals surface area contributed by atoms with E-state index < -0.39 is 21.4 Å². The molecule has 3 rings (SSSR count). The van der Waals surface area contributed by atoms with Crippen LogP contribution in [0.4, 0.5) is 4.39 Å². The summed E-state index contributed by atoms with van der Waals surface area (Å²) in [6.45, 7) is 8.28. The third-order valence-corrected chi connectivity index (χ3v) is 7.12. The van der Waals surface area contributed by atoms with Gasteiger partial charge in [0.2, 0.25) is 5.88 Å². The van der Waals surface area contributed by atoms with Crippen molar-refractivity contribution in [3.8, 4) is 5.88 Å². The van der Waals surface area contributed by atoms with Crippen LogP contribution in [0.25, 0.3) is 0 Å². The number of fused-ring (bicyclic) bond motifs is 1. The number of sulfone groups is 1. The van der Waals surface area contributed by atoms with E-state index in [1.165, 1.54) is 23.0 Å². The number of methoxy groups -OCH3 is 1. The van der Waals surface area contributed by atoms with E-state index in [0.29, 0.717) is 12.1 Å². The maximum Gasteiger partial charge on any atom is 0.231 e. The highest BCUT2D eigenvalue weighted by Crippen LogP contribution is 2.31. The molecule has 1 unspecified atom stereocenters. The van der Waals surface area contributed by atoms with Gasteiger partial charge in [-0.3, -0.25) is 4.79 Å². The van der Waals surface area contributed by atoms with Gasteiger partial charge in [0.15, 0.2) is 15.6 Å². The number of benzene rings is 1. The third-order valence-electron chi connectivity index (χ3n) is 5.46. The SMILES string of the molecule is COC1COc2c(S(=O)(=O)CC(=O)Cc3c(C(C)C)cc(F)cc3C(C)C)cnn2C1. The third kappa shape index (κ3) is 4.98. The minimum absolute atomic E-state index is 0.00238. The zero-order chi connectivity index (χ0) is 22.9. The Morgan fingerprint density at radius 2 is 1.87 bits per heavy atom. The maximum absolute atomic E-state index is 14.1. The Hall–Kier alpha value is -2.26. The number of halogens is 1. The molecule has 170 valence electrons. The van der Waals surface area contributed by atoms with E-state index in [1.54, 1.807) is 7.11 Å². The lowest BCUT2D eigenvalue weighted by Gasteiger charge is -2.23. The highest BCUT2D eigenvalue weighted by molar-refractivity contribution is 7.92. The Morgan fingerprint density at radius 1 is 1.26 bits per heavy atom. The number of carbonyl (C=O) groups is 1. The molecule has 0 saturated heterocycles. The van der Waals surface area contributed by atoms with Crippen LogP contribution in [0.2, 0.25) is 0 Å². The average Bonchev–Trinajstić information content (AvgIpc) is 3.12. The number of rotatable bonds is 8. The second-order valence-corrected chi connectivity index (χ2v) is 10.5. The molecule has 0 radical (unpaired) electrons. The molecule has 7 nitrogen and oxygen atoms in total. The first kappa shape index (κ1) is 23.4. The summed E-state index contributed by atoms with van der Waals surface area (Å²) in [5, 5.41) is 4.08. The molecule has 0 fully saturated rings. The number of aromatic nitrogens is 2. The maximum atomic E-state index is 14.1. The van der Waals surface area contributed by atoms with E-state index in [1.807, 2.05) is 27.7 Å². The fourth-order valence-corrected chi connectivity index (χ4v) is 5.18. The van der Waals surface area contributed by atoms with Gasteiger partial charge in [-0.05, 0) is 40.7 Å². The predicted octanol–water partition coefficient (Wildman–Crippen LogP) is 3.26. The Morgan fingerprint density at radius 3 is 2.42 bits per heavy atom. The number of carbonyl (C=O) groups excluding carboxylic acids is 1. The number of Topliss-reactive ketones (excluding diaryl/α,β-unsaturated/α-hetero) is 1. The fourth-order valence-electron chi connectivity index (χ4n) is 3.86. The highest BCUT2D eigenvalue weighted by atomic mass is 32.2. The van der Waals surface area contributed by atoms with Crippen molar-refractivity contribution < 1.29 is 27.1 Å². The smallest absolute Gasteiger partial charge is 0.231 e. The lowest BCUT2D eigenvalue weighted by Crippen LogP contribution is -2.32. The van der Waals surface area contributed by atoms with Gasteiger partial charge in [0.1, 0.15) is 29.2 Å². The first-order valence-corrected chi connectivity index (χ1v) is 12.0. The highest BCUT2D eigenvalue weighted by Gasteiger charge is 2.31. The fraction of sp³-hybridized carbons (Fsp3) is 0.545. The molecule has 0 bridgehead atoms. The van der Waals surface area contributed by atoms with E-state index in [-0.39, 0.29) is 47.6 Å². The van der Waals surface area contributed by atoms with Crippen molar-refractivity contribution in [1.29, 1.82) is 0 Å². The topological polar surface area (TPSA) is 87.5 Å². The first-order chi connectivity index (χ1) is 14.5. The summed E-state index contributed by atoms with van der Waals surface area (Å²) in [6, 6.07) is 2.86. The van der Waals surface area contributed by atoms with Gasteiger partial charge in [-0.1, -0.05) is 27.7 Å². The number of hydrogen-bond acceptors (Lipinski definition) is 6.